The lowest BCUT2D eigenvalue weighted by atomic mass is 10.0. The minimum atomic E-state index is -0.0636. The summed E-state index contributed by atoms with van der Waals surface area (Å²) in [5.74, 6) is 0.622. The van der Waals surface area contributed by atoms with Gasteiger partial charge in [0.1, 0.15) is 0 Å². The fraction of sp³-hybridized carbons (Fsp3) is 0.429. The van der Waals surface area contributed by atoms with E-state index in [2.05, 4.69) is 10.3 Å². The normalized spacial score (nSPS) is 19.5. The van der Waals surface area contributed by atoms with E-state index in [1.54, 1.807) is 25.4 Å². The molecule has 1 atom stereocenters. The van der Waals surface area contributed by atoms with E-state index in [0.29, 0.717) is 11.4 Å². The van der Waals surface area contributed by atoms with E-state index in [1.807, 2.05) is 6.07 Å². The van der Waals surface area contributed by atoms with Crippen LogP contribution in [0.2, 0.25) is 0 Å². The average molecular weight is 259 g/mol. The fourth-order valence-corrected chi connectivity index (χ4v) is 2.56. The molecule has 3 heterocycles. The molecule has 5 nitrogen and oxygen atoms in total. The molecular weight excluding hydrogens is 242 g/mol. The number of methoxy groups -OCH3 is 1. The Labute approximate surface area is 111 Å². The number of rotatable bonds is 2. The molecule has 5 heteroatoms. The molecule has 0 amide bonds. The highest BCUT2D eigenvalue weighted by Gasteiger charge is 2.18. The van der Waals surface area contributed by atoms with Crippen molar-refractivity contribution in [2.24, 2.45) is 0 Å². The zero-order valence-electron chi connectivity index (χ0n) is 10.9. The summed E-state index contributed by atoms with van der Waals surface area (Å²) in [6.45, 7) is 0.984. The van der Waals surface area contributed by atoms with Crippen LogP contribution in [0.3, 0.4) is 0 Å². The number of pyridine rings is 1. The molecule has 2 aromatic heterocycles. The molecular formula is C14H17N3O2. The van der Waals surface area contributed by atoms with Gasteiger partial charge in [-0.25, -0.2) is 4.98 Å². The van der Waals surface area contributed by atoms with E-state index >= 15 is 0 Å². The maximum absolute atomic E-state index is 12.1. The smallest absolute Gasteiger partial charge is 0.258 e. The van der Waals surface area contributed by atoms with Crippen molar-refractivity contribution >= 4 is 5.65 Å². The molecule has 100 valence electrons. The highest BCUT2D eigenvalue weighted by atomic mass is 16.5. The summed E-state index contributed by atoms with van der Waals surface area (Å²) in [6, 6.07) is 5.40. The first-order valence-corrected chi connectivity index (χ1v) is 6.59. The molecule has 0 aliphatic carbocycles. The third-order valence-corrected chi connectivity index (χ3v) is 3.56. The second-order valence-electron chi connectivity index (χ2n) is 4.79. The summed E-state index contributed by atoms with van der Waals surface area (Å²) in [5.41, 5.74) is 1.33. The zero-order chi connectivity index (χ0) is 13.2. The Morgan fingerprint density at radius 2 is 2.37 bits per heavy atom. The van der Waals surface area contributed by atoms with Crippen molar-refractivity contribution in [3.05, 3.63) is 40.4 Å². The molecule has 0 radical (unpaired) electrons. The Morgan fingerprint density at radius 3 is 3.11 bits per heavy atom. The first-order valence-electron chi connectivity index (χ1n) is 6.59. The lowest BCUT2D eigenvalue weighted by Crippen LogP contribution is -2.29. The van der Waals surface area contributed by atoms with Crippen LogP contribution in [-0.4, -0.2) is 23.0 Å². The molecule has 0 bridgehead atoms. The second kappa shape index (κ2) is 5.01. The first-order chi connectivity index (χ1) is 9.29. The van der Waals surface area contributed by atoms with Gasteiger partial charge in [-0.15, -0.1) is 0 Å². The van der Waals surface area contributed by atoms with Gasteiger partial charge < -0.3 is 10.1 Å². The van der Waals surface area contributed by atoms with Gasteiger partial charge in [-0.3, -0.25) is 9.20 Å². The standard InChI is InChI=1S/C14H17N3O2/c1-19-12-6-4-8-17-13(18)9-11(16-14(12)17)10-5-2-3-7-15-10/h4,6,8-10,15H,2-3,5,7H2,1H3. The van der Waals surface area contributed by atoms with E-state index in [4.69, 9.17) is 4.74 Å². The number of nitrogens with zero attached hydrogens (tertiary/aromatic N) is 2. The molecule has 1 unspecified atom stereocenters. The van der Waals surface area contributed by atoms with Gasteiger partial charge in [0.25, 0.3) is 5.56 Å². The van der Waals surface area contributed by atoms with Crippen LogP contribution in [-0.2, 0) is 0 Å². The lowest BCUT2D eigenvalue weighted by Gasteiger charge is -2.23. The number of aromatic nitrogens is 2. The van der Waals surface area contributed by atoms with Crippen LogP contribution >= 0.6 is 0 Å². The summed E-state index contributed by atoms with van der Waals surface area (Å²) in [4.78, 5) is 16.8. The SMILES string of the molecule is COc1cccn2c(=O)cc(C3CCCCN3)nc12. The van der Waals surface area contributed by atoms with Gasteiger partial charge in [-0.1, -0.05) is 6.42 Å². The molecule has 0 saturated carbocycles. The van der Waals surface area contributed by atoms with Crippen LogP contribution in [0.5, 0.6) is 5.75 Å². The van der Waals surface area contributed by atoms with Crippen molar-refractivity contribution in [3.63, 3.8) is 0 Å². The van der Waals surface area contributed by atoms with Gasteiger partial charge in [0, 0.05) is 18.3 Å². The molecule has 3 rings (SSSR count). The van der Waals surface area contributed by atoms with Crippen molar-refractivity contribution in [1.82, 2.24) is 14.7 Å². The number of hydrogen-bond acceptors (Lipinski definition) is 4. The highest BCUT2D eigenvalue weighted by Crippen LogP contribution is 2.22. The molecule has 1 aliphatic rings. The summed E-state index contributed by atoms with van der Waals surface area (Å²) >= 11 is 0. The predicted molar refractivity (Wildman–Crippen MR) is 72.6 cm³/mol. The summed E-state index contributed by atoms with van der Waals surface area (Å²) in [7, 11) is 1.59. The highest BCUT2D eigenvalue weighted by molar-refractivity contribution is 5.53. The Balaban J connectivity index is 2.14. The first kappa shape index (κ1) is 12.2. The maximum Gasteiger partial charge on any atom is 0.258 e. The number of ether oxygens (including phenoxy) is 1. The molecule has 0 aromatic carbocycles. The minimum absolute atomic E-state index is 0.0636. The largest absolute Gasteiger partial charge is 0.493 e. The van der Waals surface area contributed by atoms with Crippen molar-refractivity contribution < 1.29 is 4.74 Å². The van der Waals surface area contributed by atoms with Crippen molar-refractivity contribution in [1.29, 1.82) is 0 Å². The molecule has 1 fully saturated rings. The molecule has 1 saturated heterocycles. The van der Waals surface area contributed by atoms with Gasteiger partial charge >= 0.3 is 0 Å². The van der Waals surface area contributed by atoms with Crippen molar-refractivity contribution in [2.45, 2.75) is 25.3 Å². The van der Waals surface area contributed by atoms with Crippen LogP contribution in [0.25, 0.3) is 5.65 Å². The lowest BCUT2D eigenvalue weighted by molar-refractivity contribution is 0.402. The molecule has 0 spiro atoms. The minimum Gasteiger partial charge on any atom is -0.493 e. The topological polar surface area (TPSA) is 55.6 Å². The monoisotopic (exact) mass is 259 g/mol. The summed E-state index contributed by atoms with van der Waals surface area (Å²) in [6.07, 6.45) is 5.10. The van der Waals surface area contributed by atoms with Crippen molar-refractivity contribution in [2.75, 3.05) is 13.7 Å². The Kier molecular flexibility index (Phi) is 3.21. The maximum atomic E-state index is 12.1. The molecule has 2 aromatic rings. The van der Waals surface area contributed by atoms with Crippen LogP contribution in [0.1, 0.15) is 31.0 Å². The number of hydrogen-bond donors (Lipinski definition) is 1. The number of piperidine rings is 1. The van der Waals surface area contributed by atoms with Crippen LogP contribution in [0.4, 0.5) is 0 Å². The zero-order valence-corrected chi connectivity index (χ0v) is 10.9. The van der Waals surface area contributed by atoms with Crippen LogP contribution < -0.4 is 15.6 Å². The summed E-state index contributed by atoms with van der Waals surface area (Å²) < 4.78 is 6.80. The van der Waals surface area contributed by atoms with E-state index in [1.165, 1.54) is 17.2 Å². The van der Waals surface area contributed by atoms with E-state index < -0.39 is 0 Å². The Morgan fingerprint density at radius 1 is 1.47 bits per heavy atom. The van der Waals surface area contributed by atoms with Gasteiger partial charge in [0.15, 0.2) is 11.4 Å². The number of nitrogens with one attached hydrogen (secondary N) is 1. The molecule has 1 aliphatic heterocycles. The quantitative estimate of drug-likeness (QED) is 0.888. The van der Waals surface area contributed by atoms with Gasteiger partial charge in [-0.2, -0.15) is 0 Å². The van der Waals surface area contributed by atoms with E-state index in [9.17, 15) is 4.79 Å². The third kappa shape index (κ3) is 2.21. The molecule has 1 N–H and O–H groups in total. The van der Waals surface area contributed by atoms with Gasteiger partial charge in [-0.05, 0) is 31.5 Å². The van der Waals surface area contributed by atoms with Gasteiger partial charge in [0.05, 0.1) is 12.8 Å². The second-order valence-corrected chi connectivity index (χ2v) is 4.79. The number of fused-ring (bicyclic) bond motifs is 1. The Bertz CT molecular complexity index is 645. The van der Waals surface area contributed by atoms with E-state index in [-0.39, 0.29) is 11.6 Å². The predicted octanol–water partition coefficient (Wildman–Crippen LogP) is 1.52. The van der Waals surface area contributed by atoms with Crippen LogP contribution in [0, 0.1) is 0 Å². The molecule has 19 heavy (non-hydrogen) atoms. The van der Waals surface area contributed by atoms with E-state index in [0.717, 1.165) is 18.7 Å². The fourth-order valence-electron chi connectivity index (χ4n) is 2.56. The van der Waals surface area contributed by atoms with Crippen molar-refractivity contribution in [3.8, 4) is 5.75 Å². The van der Waals surface area contributed by atoms with Gasteiger partial charge in [0.2, 0.25) is 0 Å². The van der Waals surface area contributed by atoms with Crippen LogP contribution in [0.15, 0.2) is 29.2 Å². The average Bonchev–Trinajstić information content (AvgIpc) is 2.47. The summed E-state index contributed by atoms with van der Waals surface area (Å²) in [5, 5.41) is 3.41. The third-order valence-electron chi connectivity index (χ3n) is 3.56. The Hall–Kier alpha value is -1.88.